The molecule has 1 aliphatic heterocycles. The van der Waals surface area contributed by atoms with Crippen molar-refractivity contribution in [3.8, 4) is 5.75 Å². The Hall–Kier alpha value is -2.87. The highest BCUT2D eigenvalue weighted by atomic mass is 35.5. The number of halogens is 4. The summed E-state index contributed by atoms with van der Waals surface area (Å²) in [6.45, 7) is -0.343. The molecule has 0 bridgehead atoms. The van der Waals surface area contributed by atoms with Crippen LogP contribution >= 0.6 is 34.8 Å². The molecule has 3 N–H and O–H groups in total. The van der Waals surface area contributed by atoms with Crippen molar-refractivity contribution in [2.75, 3.05) is 6.54 Å². The molecule has 0 aromatic heterocycles. The first-order valence-electron chi connectivity index (χ1n) is 10.5. The van der Waals surface area contributed by atoms with Crippen LogP contribution in [-0.2, 0) is 4.79 Å². The van der Waals surface area contributed by atoms with Crippen LogP contribution in [0.1, 0.15) is 36.1 Å². The lowest BCUT2D eigenvalue weighted by atomic mass is 10.1. The van der Waals surface area contributed by atoms with Crippen LogP contribution in [0.25, 0.3) is 0 Å². The summed E-state index contributed by atoms with van der Waals surface area (Å²) in [4.78, 5) is 17.1. The van der Waals surface area contributed by atoms with E-state index in [0.29, 0.717) is 16.7 Å². The van der Waals surface area contributed by atoms with Crippen LogP contribution in [0.4, 0.5) is 4.39 Å². The average Bonchev–Trinajstić information content (AvgIpc) is 3.68. The van der Waals surface area contributed by atoms with Crippen LogP contribution in [0, 0.1) is 5.41 Å². The van der Waals surface area contributed by atoms with Crippen LogP contribution < -0.4 is 15.4 Å². The maximum absolute atomic E-state index is 14.8. The van der Waals surface area contributed by atoms with E-state index in [4.69, 9.17) is 44.9 Å². The van der Waals surface area contributed by atoms with E-state index in [9.17, 15) is 9.18 Å². The summed E-state index contributed by atoms with van der Waals surface area (Å²) in [5.41, 5.74) is 1.35. The van der Waals surface area contributed by atoms with Gasteiger partial charge in [-0.2, -0.15) is 0 Å². The highest BCUT2D eigenvalue weighted by Gasteiger charge is 2.26. The molecule has 10 heteroatoms. The van der Waals surface area contributed by atoms with Gasteiger partial charge in [-0.25, -0.2) is 9.38 Å². The van der Waals surface area contributed by atoms with Gasteiger partial charge in [0.05, 0.1) is 12.8 Å². The first kappa shape index (κ1) is 24.3. The Morgan fingerprint density at radius 3 is 2.79 bits per heavy atom. The van der Waals surface area contributed by atoms with Crippen molar-refractivity contribution < 1.29 is 13.9 Å². The van der Waals surface area contributed by atoms with Crippen molar-refractivity contribution in [3.63, 3.8) is 0 Å². The topological polar surface area (TPSA) is 86.6 Å². The molecule has 2 aromatic carbocycles. The van der Waals surface area contributed by atoms with E-state index >= 15 is 0 Å². The van der Waals surface area contributed by atoms with Crippen molar-refractivity contribution in [2.24, 2.45) is 4.99 Å². The lowest BCUT2D eigenvalue weighted by molar-refractivity contribution is -0.118. The quantitative estimate of drug-likeness (QED) is 0.371. The number of hydrogen-bond acceptors (Lipinski definition) is 5. The van der Waals surface area contributed by atoms with Crippen LogP contribution in [-0.4, -0.2) is 24.9 Å². The predicted octanol–water partition coefficient (Wildman–Crippen LogP) is 6.02. The van der Waals surface area contributed by atoms with Gasteiger partial charge in [-0.3, -0.25) is 4.79 Å². The van der Waals surface area contributed by atoms with Crippen molar-refractivity contribution in [2.45, 2.75) is 24.9 Å². The van der Waals surface area contributed by atoms with E-state index < -0.39 is 12.1 Å². The molecule has 1 atom stereocenters. The fraction of sp³-hybridized carbons (Fsp3) is 0.208. The minimum Gasteiger partial charge on any atom is -0.453 e. The largest absolute Gasteiger partial charge is 0.453 e. The maximum atomic E-state index is 14.8. The summed E-state index contributed by atoms with van der Waals surface area (Å²) in [6.07, 6.45) is 2.94. The molecule has 1 aliphatic carbocycles. The van der Waals surface area contributed by atoms with Gasteiger partial charge in [-0.05, 0) is 48.6 Å². The van der Waals surface area contributed by atoms with Crippen LogP contribution in [0.5, 0.6) is 5.75 Å². The number of nitrogens with zero attached hydrogens (tertiary/aromatic N) is 1. The Labute approximate surface area is 211 Å². The van der Waals surface area contributed by atoms with Gasteiger partial charge in [0.25, 0.3) is 5.91 Å². The standard InChI is InChI=1S/C24H20Cl3FN4O2/c25-15-6-7-17(18(26)9-15)20(28)11-31-24(33)22-21(12-30-23(32-22)19(27)10-29)34-16-3-1-2-14(8-16)13-4-5-13/h1-3,6-10,12-13,20,29,32H,4-5,11H2,(H,31,33)/b23-19+,29-10?. The SMILES string of the molecule is N=C/C(Cl)=C1/N=CC(Oc2cccc(C3CC3)c2)=C(C(=O)NCC(F)c2ccc(Cl)cc2Cl)N1. The first-order chi connectivity index (χ1) is 16.4. The van der Waals surface area contributed by atoms with Crippen molar-refractivity contribution in [1.82, 2.24) is 10.6 Å². The molecular formula is C24H20Cl3FN4O2. The fourth-order valence-corrected chi connectivity index (χ4v) is 3.97. The summed E-state index contributed by atoms with van der Waals surface area (Å²) < 4.78 is 20.7. The molecule has 4 rings (SSSR count). The van der Waals surface area contributed by atoms with Gasteiger partial charge in [0, 0.05) is 21.8 Å². The number of ether oxygens (including phenoxy) is 1. The normalized spacial score (nSPS) is 17.6. The molecule has 1 amide bonds. The second kappa shape index (κ2) is 10.6. The number of allylic oxidation sites excluding steroid dienone is 2. The van der Waals surface area contributed by atoms with Gasteiger partial charge < -0.3 is 20.8 Å². The Kier molecular flexibility index (Phi) is 7.56. The Bertz CT molecular complexity index is 1220. The van der Waals surface area contributed by atoms with Gasteiger partial charge in [-0.15, -0.1) is 0 Å². The van der Waals surface area contributed by atoms with E-state index in [2.05, 4.69) is 15.6 Å². The number of amides is 1. The molecule has 1 heterocycles. The second-order valence-corrected chi connectivity index (χ2v) is 9.01. The molecule has 0 saturated heterocycles. The average molecular weight is 522 g/mol. The summed E-state index contributed by atoms with van der Waals surface area (Å²) >= 11 is 17.9. The zero-order chi connectivity index (χ0) is 24.2. The molecule has 1 fully saturated rings. The van der Waals surface area contributed by atoms with E-state index in [-0.39, 0.29) is 39.4 Å². The first-order valence-corrected chi connectivity index (χ1v) is 11.6. The van der Waals surface area contributed by atoms with E-state index in [1.807, 2.05) is 18.2 Å². The number of nitrogens with one attached hydrogen (secondary N) is 3. The fourth-order valence-electron chi connectivity index (χ4n) is 3.35. The lowest BCUT2D eigenvalue weighted by Gasteiger charge is -2.20. The van der Waals surface area contributed by atoms with Crippen molar-refractivity contribution >= 4 is 53.1 Å². The number of rotatable bonds is 8. The summed E-state index contributed by atoms with van der Waals surface area (Å²) in [5.74, 6) is 0.654. The zero-order valence-corrected chi connectivity index (χ0v) is 20.0. The smallest absolute Gasteiger partial charge is 0.271 e. The van der Waals surface area contributed by atoms with Gasteiger partial charge in [-0.1, -0.05) is 53.0 Å². The highest BCUT2D eigenvalue weighted by molar-refractivity contribution is 6.39. The molecule has 1 unspecified atom stereocenters. The third-order valence-corrected chi connectivity index (χ3v) is 6.11. The van der Waals surface area contributed by atoms with Crippen LogP contribution in [0.3, 0.4) is 0 Å². The van der Waals surface area contributed by atoms with Crippen molar-refractivity contribution in [3.05, 3.63) is 85.9 Å². The Morgan fingerprint density at radius 2 is 2.09 bits per heavy atom. The molecule has 34 heavy (non-hydrogen) atoms. The van der Waals surface area contributed by atoms with Gasteiger partial charge in [0.2, 0.25) is 0 Å². The van der Waals surface area contributed by atoms with Crippen LogP contribution in [0.2, 0.25) is 10.0 Å². The Balaban J connectivity index is 1.54. The number of alkyl halides is 1. The number of aliphatic imine (C=N–C) groups is 1. The molecule has 0 spiro atoms. The second-order valence-electron chi connectivity index (χ2n) is 7.76. The maximum Gasteiger partial charge on any atom is 0.271 e. The predicted molar refractivity (Wildman–Crippen MR) is 133 cm³/mol. The van der Waals surface area contributed by atoms with Gasteiger partial charge in [0.15, 0.2) is 17.3 Å². The third kappa shape index (κ3) is 5.78. The number of carbonyl (C=O) groups excluding carboxylic acids is 1. The van der Waals surface area contributed by atoms with Crippen LogP contribution in [0.15, 0.2) is 69.8 Å². The monoisotopic (exact) mass is 520 g/mol. The zero-order valence-electron chi connectivity index (χ0n) is 17.7. The van der Waals surface area contributed by atoms with Gasteiger partial charge in [0.1, 0.15) is 17.0 Å². The van der Waals surface area contributed by atoms with E-state index in [0.717, 1.165) is 24.6 Å². The van der Waals surface area contributed by atoms with Gasteiger partial charge >= 0.3 is 0 Å². The number of carbonyl (C=O) groups is 1. The summed E-state index contributed by atoms with van der Waals surface area (Å²) in [5, 5.41) is 13.2. The van der Waals surface area contributed by atoms with Crippen molar-refractivity contribution in [1.29, 1.82) is 5.41 Å². The molecule has 1 saturated carbocycles. The summed E-state index contributed by atoms with van der Waals surface area (Å²) in [6, 6.07) is 12.1. The molecule has 0 radical (unpaired) electrons. The van der Waals surface area contributed by atoms with E-state index in [1.165, 1.54) is 24.4 Å². The molecular weight excluding hydrogens is 502 g/mol. The summed E-state index contributed by atoms with van der Waals surface area (Å²) in [7, 11) is 0. The third-order valence-electron chi connectivity index (χ3n) is 5.26. The van der Waals surface area contributed by atoms with E-state index in [1.54, 1.807) is 6.07 Å². The molecule has 2 aliphatic rings. The Morgan fingerprint density at radius 1 is 1.29 bits per heavy atom. The minimum atomic E-state index is -1.56. The minimum absolute atomic E-state index is 0.00681. The molecule has 6 nitrogen and oxygen atoms in total. The lowest BCUT2D eigenvalue weighted by Crippen LogP contribution is -2.37. The number of hydrogen-bond donors (Lipinski definition) is 3. The molecule has 2 aromatic rings. The highest BCUT2D eigenvalue weighted by Crippen LogP contribution is 2.41. The molecule has 176 valence electrons. The number of benzene rings is 2.